The molecular weight excluding hydrogens is 226 g/mol. The van der Waals surface area contributed by atoms with Crippen LogP contribution in [0.2, 0.25) is 0 Å². The Kier molecular flexibility index (Phi) is 6.65. The summed E-state index contributed by atoms with van der Waals surface area (Å²) < 4.78 is 0. The number of hydrogen-bond donors (Lipinski definition) is 2. The molecule has 18 heavy (non-hydrogen) atoms. The molecule has 0 aromatic heterocycles. The highest BCUT2D eigenvalue weighted by atomic mass is 16.2. The molecular formula is C14H29N3O. The largest absolute Gasteiger partial charge is 0.354 e. The van der Waals surface area contributed by atoms with Crippen molar-refractivity contribution in [3.05, 3.63) is 0 Å². The molecule has 0 saturated heterocycles. The molecule has 0 spiro atoms. The summed E-state index contributed by atoms with van der Waals surface area (Å²) >= 11 is 0. The van der Waals surface area contributed by atoms with Crippen LogP contribution in [-0.4, -0.2) is 49.1 Å². The fourth-order valence-corrected chi connectivity index (χ4v) is 2.01. The molecule has 0 heterocycles. The number of hydrogen-bond acceptors (Lipinski definition) is 3. The molecule has 0 aromatic carbocycles. The maximum Gasteiger partial charge on any atom is 0.236 e. The van der Waals surface area contributed by atoms with Crippen molar-refractivity contribution >= 4 is 5.91 Å². The van der Waals surface area contributed by atoms with Crippen LogP contribution in [0.25, 0.3) is 0 Å². The number of likely N-dealkylation sites (N-methyl/N-ethyl adjacent to an activating group) is 1. The van der Waals surface area contributed by atoms with E-state index in [1.165, 1.54) is 12.8 Å². The maximum atomic E-state index is 11.8. The Morgan fingerprint density at radius 3 is 2.50 bits per heavy atom. The van der Waals surface area contributed by atoms with Gasteiger partial charge in [-0.1, -0.05) is 20.8 Å². The fraction of sp³-hybridized carbons (Fsp3) is 0.929. The topological polar surface area (TPSA) is 44.4 Å². The van der Waals surface area contributed by atoms with E-state index in [1.54, 1.807) is 0 Å². The lowest BCUT2D eigenvalue weighted by Crippen LogP contribution is -2.45. The summed E-state index contributed by atoms with van der Waals surface area (Å²) in [5.41, 5.74) is 0. The maximum absolute atomic E-state index is 11.8. The first kappa shape index (κ1) is 15.4. The SMILES string of the molecule is CCN(CCNC(C)C(=O)NCC(C)C)C1CC1. The number of amides is 1. The number of carbonyl (C=O) groups is 1. The first-order chi connectivity index (χ1) is 8.54. The lowest BCUT2D eigenvalue weighted by Gasteiger charge is -2.21. The van der Waals surface area contributed by atoms with Crippen molar-refractivity contribution in [3.63, 3.8) is 0 Å². The van der Waals surface area contributed by atoms with Crippen LogP contribution in [0, 0.1) is 5.92 Å². The zero-order valence-electron chi connectivity index (χ0n) is 12.3. The van der Waals surface area contributed by atoms with Crippen molar-refractivity contribution < 1.29 is 4.79 Å². The van der Waals surface area contributed by atoms with Gasteiger partial charge >= 0.3 is 0 Å². The molecule has 0 aromatic rings. The average molecular weight is 255 g/mol. The molecule has 4 heteroatoms. The minimum Gasteiger partial charge on any atom is -0.354 e. The van der Waals surface area contributed by atoms with Gasteiger partial charge in [0.25, 0.3) is 0 Å². The highest BCUT2D eigenvalue weighted by Gasteiger charge is 2.27. The van der Waals surface area contributed by atoms with Crippen molar-refractivity contribution in [3.8, 4) is 0 Å². The Labute approximate surface area is 111 Å². The van der Waals surface area contributed by atoms with Crippen LogP contribution >= 0.6 is 0 Å². The van der Waals surface area contributed by atoms with Crippen LogP contribution in [-0.2, 0) is 4.79 Å². The lowest BCUT2D eigenvalue weighted by atomic mass is 10.2. The quantitative estimate of drug-likeness (QED) is 0.651. The zero-order valence-corrected chi connectivity index (χ0v) is 12.3. The van der Waals surface area contributed by atoms with Gasteiger partial charge in [-0.3, -0.25) is 9.69 Å². The summed E-state index contributed by atoms with van der Waals surface area (Å²) in [5, 5.41) is 6.25. The summed E-state index contributed by atoms with van der Waals surface area (Å²) in [6.07, 6.45) is 2.69. The standard InChI is InChI=1S/C14H29N3O/c1-5-17(13-6-7-13)9-8-15-12(4)14(18)16-10-11(2)3/h11-13,15H,5-10H2,1-4H3,(H,16,18). The lowest BCUT2D eigenvalue weighted by molar-refractivity contribution is -0.122. The van der Waals surface area contributed by atoms with Crippen molar-refractivity contribution in [1.82, 2.24) is 15.5 Å². The van der Waals surface area contributed by atoms with Crippen molar-refractivity contribution in [2.24, 2.45) is 5.92 Å². The Morgan fingerprint density at radius 2 is 2.00 bits per heavy atom. The number of rotatable bonds is 9. The molecule has 0 aliphatic heterocycles. The summed E-state index contributed by atoms with van der Waals surface area (Å²) in [7, 11) is 0. The Balaban J connectivity index is 2.11. The molecule has 0 radical (unpaired) electrons. The van der Waals surface area contributed by atoms with E-state index in [0.29, 0.717) is 5.92 Å². The van der Waals surface area contributed by atoms with Crippen LogP contribution in [0.5, 0.6) is 0 Å². The van der Waals surface area contributed by atoms with Crippen LogP contribution in [0.4, 0.5) is 0 Å². The summed E-state index contributed by atoms with van der Waals surface area (Å²) in [4.78, 5) is 14.2. The van der Waals surface area contributed by atoms with Crippen molar-refractivity contribution in [2.45, 2.75) is 52.6 Å². The van der Waals surface area contributed by atoms with E-state index < -0.39 is 0 Å². The molecule has 1 rings (SSSR count). The molecule has 1 saturated carbocycles. The minimum atomic E-state index is -0.0957. The second-order valence-corrected chi connectivity index (χ2v) is 5.67. The molecule has 1 aliphatic carbocycles. The predicted molar refractivity (Wildman–Crippen MR) is 75.6 cm³/mol. The van der Waals surface area contributed by atoms with E-state index in [2.05, 4.69) is 36.3 Å². The van der Waals surface area contributed by atoms with Gasteiger partial charge in [-0.2, -0.15) is 0 Å². The fourth-order valence-electron chi connectivity index (χ4n) is 2.01. The van der Waals surface area contributed by atoms with Gasteiger partial charge < -0.3 is 10.6 Å². The van der Waals surface area contributed by atoms with E-state index >= 15 is 0 Å². The van der Waals surface area contributed by atoms with Crippen LogP contribution in [0.3, 0.4) is 0 Å². The molecule has 1 fully saturated rings. The van der Waals surface area contributed by atoms with E-state index in [0.717, 1.165) is 32.2 Å². The minimum absolute atomic E-state index is 0.0957. The summed E-state index contributed by atoms with van der Waals surface area (Å²) in [6.45, 7) is 12.2. The van der Waals surface area contributed by atoms with Crippen LogP contribution in [0.15, 0.2) is 0 Å². The van der Waals surface area contributed by atoms with Gasteiger partial charge in [0.05, 0.1) is 6.04 Å². The van der Waals surface area contributed by atoms with E-state index in [-0.39, 0.29) is 11.9 Å². The van der Waals surface area contributed by atoms with Gasteiger partial charge in [-0.25, -0.2) is 0 Å². The number of nitrogens with zero attached hydrogens (tertiary/aromatic N) is 1. The van der Waals surface area contributed by atoms with Crippen molar-refractivity contribution in [2.75, 3.05) is 26.2 Å². The highest BCUT2D eigenvalue weighted by Crippen LogP contribution is 2.25. The molecule has 1 amide bonds. The average Bonchev–Trinajstić information content (AvgIpc) is 3.15. The summed E-state index contributed by atoms with van der Waals surface area (Å²) in [6, 6.07) is 0.712. The molecule has 4 nitrogen and oxygen atoms in total. The third kappa shape index (κ3) is 5.83. The summed E-state index contributed by atoms with van der Waals surface area (Å²) in [5.74, 6) is 0.616. The second-order valence-electron chi connectivity index (χ2n) is 5.67. The third-order valence-electron chi connectivity index (χ3n) is 3.40. The smallest absolute Gasteiger partial charge is 0.236 e. The number of carbonyl (C=O) groups excluding carboxylic acids is 1. The Bertz CT molecular complexity index is 251. The molecule has 1 unspecified atom stereocenters. The van der Waals surface area contributed by atoms with Crippen molar-refractivity contribution in [1.29, 1.82) is 0 Å². The first-order valence-corrected chi connectivity index (χ1v) is 7.29. The van der Waals surface area contributed by atoms with Crippen LogP contribution in [0.1, 0.15) is 40.5 Å². The van der Waals surface area contributed by atoms with Gasteiger partial charge in [0.15, 0.2) is 0 Å². The van der Waals surface area contributed by atoms with E-state index in [9.17, 15) is 4.79 Å². The molecule has 1 aliphatic rings. The normalized spacial score (nSPS) is 17.2. The zero-order chi connectivity index (χ0) is 13.5. The third-order valence-corrected chi connectivity index (χ3v) is 3.40. The Hall–Kier alpha value is -0.610. The number of nitrogens with one attached hydrogen (secondary N) is 2. The Morgan fingerprint density at radius 1 is 1.33 bits per heavy atom. The van der Waals surface area contributed by atoms with Gasteiger partial charge in [-0.05, 0) is 32.2 Å². The molecule has 0 bridgehead atoms. The van der Waals surface area contributed by atoms with Crippen LogP contribution < -0.4 is 10.6 Å². The van der Waals surface area contributed by atoms with Gasteiger partial charge in [0, 0.05) is 25.7 Å². The molecule has 106 valence electrons. The van der Waals surface area contributed by atoms with E-state index in [4.69, 9.17) is 0 Å². The predicted octanol–water partition coefficient (Wildman–Crippen LogP) is 1.22. The van der Waals surface area contributed by atoms with Gasteiger partial charge in [0.1, 0.15) is 0 Å². The van der Waals surface area contributed by atoms with E-state index in [1.807, 2.05) is 6.92 Å². The highest BCUT2D eigenvalue weighted by molar-refractivity contribution is 5.81. The first-order valence-electron chi connectivity index (χ1n) is 7.29. The van der Waals surface area contributed by atoms with Gasteiger partial charge in [0.2, 0.25) is 5.91 Å². The molecule has 1 atom stereocenters. The molecule has 2 N–H and O–H groups in total. The monoisotopic (exact) mass is 255 g/mol. The van der Waals surface area contributed by atoms with Gasteiger partial charge in [-0.15, -0.1) is 0 Å². The second kappa shape index (κ2) is 7.74.